The van der Waals surface area contributed by atoms with Crippen LogP contribution in [-0.4, -0.2) is 36.2 Å². The van der Waals surface area contributed by atoms with Crippen LogP contribution in [0.2, 0.25) is 0 Å². The maximum Gasteiger partial charge on any atom is 0.340 e. The Balaban J connectivity index is 1.87. The summed E-state index contributed by atoms with van der Waals surface area (Å²) in [5.41, 5.74) is 1.24. The van der Waals surface area contributed by atoms with Crippen LogP contribution in [-0.2, 0) is 14.3 Å². The van der Waals surface area contributed by atoms with Gasteiger partial charge < -0.3 is 24.5 Å². The lowest BCUT2D eigenvalue weighted by Crippen LogP contribution is -2.47. The number of ether oxygens (including phenoxy) is 2. The molecule has 9 nitrogen and oxygen atoms in total. The second-order valence-electron chi connectivity index (χ2n) is 5.92. The Morgan fingerprint density at radius 3 is 2.68 bits per heavy atom. The molecule has 3 heterocycles. The van der Waals surface area contributed by atoms with Gasteiger partial charge in [0.25, 0.3) is 0 Å². The van der Waals surface area contributed by atoms with Gasteiger partial charge in [-0.25, -0.2) is 14.4 Å². The van der Waals surface area contributed by atoms with Crippen LogP contribution >= 0.6 is 0 Å². The molecule has 0 spiro atoms. The van der Waals surface area contributed by atoms with Crippen molar-refractivity contribution in [3.8, 4) is 0 Å². The summed E-state index contributed by atoms with van der Waals surface area (Å²) in [6, 6.07) is 5.10. The Hall–Kier alpha value is -3.62. The third-order valence-electron chi connectivity index (χ3n) is 3.97. The van der Waals surface area contributed by atoms with E-state index in [1.807, 2.05) is 0 Å². The van der Waals surface area contributed by atoms with Crippen molar-refractivity contribution < 1.29 is 28.3 Å². The molecule has 1 atom stereocenters. The highest BCUT2D eigenvalue weighted by Gasteiger charge is 2.35. The molecule has 9 heteroatoms. The summed E-state index contributed by atoms with van der Waals surface area (Å²) in [5, 5.41) is 5.12. The van der Waals surface area contributed by atoms with E-state index in [-0.39, 0.29) is 30.0 Å². The molecule has 2 aromatic heterocycles. The summed E-state index contributed by atoms with van der Waals surface area (Å²) in [4.78, 5) is 40.9. The predicted octanol–water partition coefficient (Wildman–Crippen LogP) is 2.01. The lowest BCUT2D eigenvalue weighted by Gasteiger charge is -2.27. The minimum Gasteiger partial charge on any atom is -0.467 e. The van der Waals surface area contributed by atoms with Crippen LogP contribution in [0.3, 0.4) is 0 Å². The fraction of sp³-hybridized carbons (Fsp3) is 0.263. The van der Waals surface area contributed by atoms with E-state index in [2.05, 4.69) is 15.6 Å². The van der Waals surface area contributed by atoms with Crippen molar-refractivity contribution in [2.24, 2.45) is 0 Å². The molecule has 3 rings (SSSR count). The first-order chi connectivity index (χ1) is 13.5. The van der Waals surface area contributed by atoms with Gasteiger partial charge in [0, 0.05) is 11.9 Å². The summed E-state index contributed by atoms with van der Waals surface area (Å²) in [6.07, 6.45) is 2.82. The zero-order valence-corrected chi connectivity index (χ0v) is 15.4. The molecule has 0 aromatic carbocycles. The Morgan fingerprint density at radius 2 is 2.04 bits per heavy atom. The third kappa shape index (κ3) is 4.20. The van der Waals surface area contributed by atoms with Crippen LogP contribution < -0.4 is 10.6 Å². The molecule has 0 saturated carbocycles. The molecular weight excluding hydrogens is 366 g/mol. The topological polar surface area (TPSA) is 120 Å². The maximum atomic E-state index is 12.5. The summed E-state index contributed by atoms with van der Waals surface area (Å²) < 4.78 is 15.7. The van der Waals surface area contributed by atoms with Crippen molar-refractivity contribution in [3.05, 3.63) is 65.0 Å². The lowest BCUT2D eigenvalue weighted by molar-refractivity contribution is -0.139. The first-order valence-corrected chi connectivity index (χ1v) is 8.60. The average molecular weight is 385 g/mol. The number of rotatable bonds is 6. The SMILES string of the molecule is CCOC(=O)C1=C(COC(=O)c2ccc(C)nc2)NC(=O)NC1c1ccco1. The van der Waals surface area contributed by atoms with Crippen molar-refractivity contribution in [3.63, 3.8) is 0 Å². The van der Waals surface area contributed by atoms with Gasteiger partial charge in [-0.05, 0) is 38.1 Å². The van der Waals surface area contributed by atoms with Gasteiger partial charge in [0.2, 0.25) is 0 Å². The number of urea groups is 1. The van der Waals surface area contributed by atoms with Crippen LogP contribution in [0.4, 0.5) is 4.79 Å². The highest BCUT2D eigenvalue weighted by atomic mass is 16.5. The zero-order valence-electron chi connectivity index (χ0n) is 15.4. The van der Waals surface area contributed by atoms with Crippen LogP contribution in [0.5, 0.6) is 0 Å². The Bertz CT molecular complexity index is 902. The molecule has 146 valence electrons. The standard InChI is InChI=1S/C19H19N3O6/c1-3-26-18(24)15-13(10-28-17(23)12-7-6-11(2)20-9-12)21-19(25)22-16(15)14-5-4-8-27-14/h4-9,16H,3,10H2,1-2H3,(H2,21,22,25). The third-order valence-corrected chi connectivity index (χ3v) is 3.97. The molecule has 0 saturated heterocycles. The van der Waals surface area contributed by atoms with E-state index in [1.165, 1.54) is 12.5 Å². The highest BCUT2D eigenvalue weighted by Crippen LogP contribution is 2.28. The number of hydrogen-bond donors (Lipinski definition) is 2. The second-order valence-corrected chi connectivity index (χ2v) is 5.92. The molecule has 2 amide bonds. The molecule has 1 aliphatic rings. The molecule has 2 N–H and O–H groups in total. The van der Waals surface area contributed by atoms with Crippen molar-refractivity contribution >= 4 is 18.0 Å². The number of aromatic nitrogens is 1. The van der Waals surface area contributed by atoms with Crippen molar-refractivity contribution in [1.29, 1.82) is 0 Å². The van der Waals surface area contributed by atoms with E-state index in [9.17, 15) is 14.4 Å². The van der Waals surface area contributed by atoms with Crippen LogP contribution in [0.15, 0.2) is 52.4 Å². The van der Waals surface area contributed by atoms with Gasteiger partial charge in [-0.15, -0.1) is 0 Å². The Kier molecular flexibility index (Phi) is 5.73. The predicted molar refractivity (Wildman–Crippen MR) is 96.0 cm³/mol. The molecule has 28 heavy (non-hydrogen) atoms. The second kappa shape index (κ2) is 8.38. The molecule has 0 bridgehead atoms. The largest absolute Gasteiger partial charge is 0.467 e. The van der Waals surface area contributed by atoms with Gasteiger partial charge in [0.1, 0.15) is 18.4 Å². The van der Waals surface area contributed by atoms with Gasteiger partial charge >= 0.3 is 18.0 Å². The fourth-order valence-electron chi connectivity index (χ4n) is 2.66. The molecule has 0 radical (unpaired) electrons. The quantitative estimate of drug-likeness (QED) is 0.730. The average Bonchev–Trinajstić information content (AvgIpc) is 3.21. The highest BCUT2D eigenvalue weighted by molar-refractivity contribution is 5.95. The molecule has 0 aliphatic carbocycles. The molecular formula is C19H19N3O6. The van der Waals surface area contributed by atoms with Crippen LogP contribution in [0.1, 0.15) is 34.8 Å². The van der Waals surface area contributed by atoms with Gasteiger partial charge in [0.15, 0.2) is 0 Å². The van der Waals surface area contributed by atoms with E-state index < -0.39 is 24.0 Å². The van der Waals surface area contributed by atoms with Gasteiger partial charge in [0.05, 0.1) is 29.7 Å². The minimum absolute atomic E-state index is 0.103. The number of furan rings is 1. The number of nitrogens with zero attached hydrogens (tertiary/aromatic N) is 1. The van der Waals surface area contributed by atoms with Crippen molar-refractivity contribution in [2.75, 3.05) is 13.2 Å². The Labute approximate surface area is 160 Å². The smallest absolute Gasteiger partial charge is 0.340 e. The number of aryl methyl sites for hydroxylation is 1. The number of carbonyl (C=O) groups excluding carboxylic acids is 3. The maximum absolute atomic E-state index is 12.5. The van der Waals surface area contributed by atoms with E-state index in [4.69, 9.17) is 13.9 Å². The molecule has 2 aromatic rings. The van der Waals surface area contributed by atoms with E-state index in [0.717, 1.165) is 5.69 Å². The van der Waals surface area contributed by atoms with E-state index in [1.54, 1.807) is 38.1 Å². The summed E-state index contributed by atoms with van der Waals surface area (Å²) in [7, 11) is 0. The normalized spacial score (nSPS) is 16.2. The Morgan fingerprint density at radius 1 is 1.21 bits per heavy atom. The number of nitrogens with one attached hydrogen (secondary N) is 2. The summed E-state index contributed by atoms with van der Waals surface area (Å²) in [6.45, 7) is 3.28. The van der Waals surface area contributed by atoms with Crippen molar-refractivity contribution in [1.82, 2.24) is 15.6 Å². The van der Waals surface area contributed by atoms with Gasteiger partial charge in [-0.2, -0.15) is 0 Å². The first-order valence-electron chi connectivity index (χ1n) is 8.60. The number of hydrogen-bond acceptors (Lipinski definition) is 7. The van der Waals surface area contributed by atoms with Gasteiger partial charge in [-0.3, -0.25) is 4.98 Å². The van der Waals surface area contributed by atoms with Crippen LogP contribution in [0.25, 0.3) is 0 Å². The number of pyridine rings is 1. The summed E-state index contributed by atoms with van der Waals surface area (Å²) in [5.74, 6) is -0.936. The van der Waals surface area contributed by atoms with E-state index in [0.29, 0.717) is 5.76 Å². The van der Waals surface area contributed by atoms with Crippen LogP contribution in [0, 0.1) is 6.92 Å². The fourth-order valence-corrected chi connectivity index (χ4v) is 2.66. The first kappa shape index (κ1) is 19.2. The monoisotopic (exact) mass is 385 g/mol. The number of esters is 2. The van der Waals surface area contributed by atoms with Crippen molar-refractivity contribution in [2.45, 2.75) is 19.9 Å². The number of carbonyl (C=O) groups is 3. The minimum atomic E-state index is -0.863. The lowest BCUT2D eigenvalue weighted by atomic mass is 10.0. The number of amides is 2. The molecule has 1 aliphatic heterocycles. The molecule has 0 fully saturated rings. The summed E-state index contributed by atoms with van der Waals surface area (Å²) >= 11 is 0. The van der Waals surface area contributed by atoms with E-state index >= 15 is 0 Å². The zero-order chi connectivity index (χ0) is 20.1. The van der Waals surface area contributed by atoms with Gasteiger partial charge in [-0.1, -0.05) is 0 Å². The molecule has 1 unspecified atom stereocenters.